The van der Waals surface area contributed by atoms with Gasteiger partial charge in [-0.2, -0.15) is 0 Å². The highest BCUT2D eigenvalue weighted by molar-refractivity contribution is 6.30. The van der Waals surface area contributed by atoms with Gasteiger partial charge in [0.15, 0.2) is 5.72 Å². The summed E-state index contributed by atoms with van der Waals surface area (Å²) in [4.78, 5) is 29.2. The quantitative estimate of drug-likeness (QED) is 0.267. The number of carbonyl (C=O) groups excluding carboxylic acids is 2. The second kappa shape index (κ2) is 12.3. The van der Waals surface area contributed by atoms with Crippen LogP contribution in [0.25, 0.3) is 0 Å². The lowest BCUT2D eigenvalue weighted by Gasteiger charge is -2.44. The summed E-state index contributed by atoms with van der Waals surface area (Å²) in [5, 5.41) is 12.9. The molecule has 0 saturated carbocycles. The molecule has 6 nitrogen and oxygen atoms in total. The monoisotopic (exact) mass is 627 g/mol. The van der Waals surface area contributed by atoms with Crippen molar-refractivity contribution >= 4 is 34.9 Å². The Labute approximate surface area is 261 Å². The molecule has 228 valence electrons. The molecule has 5 rings (SSSR count). The van der Waals surface area contributed by atoms with Crippen LogP contribution in [0.15, 0.2) is 60.7 Å². The van der Waals surface area contributed by atoms with Gasteiger partial charge in [0, 0.05) is 41.9 Å². The SMILES string of the molecule is CC[C@@](O)(c1cc(F)c2c(c1)C(=O)N([C@H](c1ccc(Cl)cc1)[C@H](C)C(C)=O)[C@@]2(OC)c1ccc(Cl)cc1)C1CCOCC1. The van der Waals surface area contributed by atoms with Crippen molar-refractivity contribution in [3.8, 4) is 0 Å². The Bertz CT molecular complexity index is 1510. The van der Waals surface area contributed by atoms with Gasteiger partial charge in [-0.15, -0.1) is 0 Å². The zero-order chi connectivity index (χ0) is 31.1. The number of hydrogen-bond donors (Lipinski definition) is 1. The van der Waals surface area contributed by atoms with Crippen LogP contribution < -0.4 is 0 Å². The summed E-state index contributed by atoms with van der Waals surface area (Å²) < 4.78 is 28.5. The first-order chi connectivity index (χ1) is 20.5. The van der Waals surface area contributed by atoms with E-state index in [0.29, 0.717) is 59.2 Å². The van der Waals surface area contributed by atoms with Gasteiger partial charge in [-0.3, -0.25) is 14.5 Å². The van der Waals surface area contributed by atoms with E-state index in [0.717, 1.165) is 0 Å². The van der Waals surface area contributed by atoms with Crippen molar-refractivity contribution in [2.24, 2.45) is 11.8 Å². The number of hydrogen-bond acceptors (Lipinski definition) is 5. The lowest BCUT2D eigenvalue weighted by Crippen LogP contribution is -2.50. The van der Waals surface area contributed by atoms with Crippen LogP contribution in [0.5, 0.6) is 0 Å². The summed E-state index contributed by atoms with van der Waals surface area (Å²) in [6, 6.07) is 15.6. The molecule has 1 fully saturated rings. The standard InChI is InChI=1S/C34H36Cl2FNO5/c1-5-33(41,23-14-16-43-17-15-23)25-18-28-30(29(37)19-25)34(42-4,24-8-12-27(36)13-9-24)38(32(28)40)31(20(2)21(3)39)22-6-10-26(35)11-7-22/h6-13,18-20,23,31,41H,5,14-17H2,1-4H3/t20-,31+,33+,34-/m1/s1. The Morgan fingerprint density at radius 3 is 2.23 bits per heavy atom. The van der Waals surface area contributed by atoms with E-state index in [4.69, 9.17) is 32.7 Å². The molecule has 1 N–H and O–H groups in total. The van der Waals surface area contributed by atoms with Crippen LogP contribution in [0.2, 0.25) is 10.0 Å². The van der Waals surface area contributed by atoms with Crippen molar-refractivity contribution in [3.63, 3.8) is 0 Å². The molecule has 4 atom stereocenters. The highest BCUT2D eigenvalue weighted by atomic mass is 35.5. The maximum Gasteiger partial charge on any atom is 0.257 e. The molecule has 1 saturated heterocycles. The number of carbonyl (C=O) groups is 2. The van der Waals surface area contributed by atoms with E-state index in [1.165, 1.54) is 25.0 Å². The summed E-state index contributed by atoms with van der Waals surface area (Å²) in [7, 11) is 1.42. The molecule has 3 aromatic carbocycles. The summed E-state index contributed by atoms with van der Waals surface area (Å²) in [5.74, 6) is -2.24. The van der Waals surface area contributed by atoms with Crippen LogP contribution in [0.1, 0.15) is 78.7 Å². The van der Waals surface area contributed by atoms with E-state index in [1.54, 1.807) is 61.5 Å². The molecule has 2 aliphatic heterocycles. The molecule has 0 unspecified atom stereocenters. The van der Waals surface area contributed by atoms with Gasteiger partial charge in [0.2, 0.25) is 0 Å². The summed E-state index contributed by atoms with van der Waals surface area (Å²) >= 11 is 12.4. The number of Topliss-reactive ketones (excluding diaryl/α,β-unsaturated/α-hetero) is 1. The molecule has 0 aromatic heterocycles. The first-order valence-corrected chi connectivity index (χ1v) is 15.3. The number of ether oxygens (including phenoxy) is 2. The Hall–Kier alpha value is -2.81. The second-order valence-corrected chi connectivity index (χ2v) is 12.3. The predicted molar refractivity (Wildman–Crippen MR) is 164 cm³/mol. The topological polar surface area (TPSA) is 76.1 Å². The van der Waals surface area contributed by atoms with Crippen LogP contribution in [-0.4, -0.2) is 42.0 Å². The first kappa shape index (κ1) is 31.6. The zero-order valence-corrected chi connectivity index (χ0v) is 26.2. The third kappa shape index (κ3) is 5.29. The van der Waals surface area contributed by atoms with Crippen LogP contribution in [0.4, 0.5) is 4.39 Å². The number of aliphatic hydroxyl groups is 1. The average molecular weight is 629 g/mol. The largest absolute Gasteiger partial charge is 0.385 e. The summed E-state index contributed by atoms with van der Waals surface area (Å²) in [6.45, 7) is 6.06. The molecule has 9 heteroatoms. The predicted octanol–water partition coefficient (Wildman–Crippen LogP) is 7.43. The molecule has 0 spiro atoms. The Balaban J connectivity index is 1.79. The number of halogens is 3. The summed E-state index contributed by atoms with van der Waals surface area (Å²) in [5.41, 5.74) is -1.61. The number of amides is 1. The van der Waals surface area contributed by atoms with Crippen molar-refractivity contribution in [2.75, 3.05) is 20.3 Å². The highest BCUT2D eigenvalue weighted by Crippen LogP contribution is 2.53. The lowest BCUT2D eigenvalue weighted by atomic mass is 9.74. The molecule has 1 amide bonds. The van der Waals surface area contributed by atoms with E-state index in [9.17, 15) is 14.7 Å². The van der Waals surface area contributed by atoms with Crippen molar-refractivity contribution in [1.29, 1.82) is 0 Å². The van der Waals surface area contributed by atoms with Gasteiger partial charge in [0.1, 0.15) is 11.6 Å². The Kier molecular flexibility index (Phi) is 9.04. The second-order valence-electron chi connectivity index (χ2n) is 11.5. The molecule has 3 aromatic rings. The highest BCUT2D eigenvalue weighted by Gasteiger charge is 2.58. The van der Waals surface area contributed by atoms with Crippen LogP contribution in [0.3, 0.4) is 0 Å². The van der Waals surface area contributed by atoms with Crippen LogP contribution in [0, 0.1) is 17.7 Å². The smallest absolute Gasteiger partial charge is 0.257 e. The van der Waals surface area contributed by atoms with E-state index >= 15 is 4.39 Å². The third-order valence-electron chi connectivity index (χ3n) is 9.29. The molecule has 2 aliphatic rings. The molecule has 0 bridgehead atoms. The van der Waals surface area contributed by atoms with Crippen molar-refractivity contribution < 1.29 is 28.6 Å². The van der Waals surface area contributed by atoms with Gasteiger partial charge in [0.05, 0.1) is 22.8 Å². The zero-order valence-electron chi connectivity index (χ0n) is 24.7. The molecular weight excluding hydrogens is 592 g/mol. The van der Waals surface area contributed by atoms with Gasteiger partial charge in [-0.1, -0.05) is 61.3 Å². The number of nitrogens with zero attached hydrogens (tertiary/aromatic N) is 1. The fourth-order valence-corrected chi connectivity index (χ4v) is 7.06. The molecule has 0 aliphatic carbocycles. The first-order valence-electron chi connectivity index (χ1n) is 14.5. The number of methoxy groups -OCH3 is 1. The van der Waals surface area contributed by atoms with Gasteiger partial charge < -0.3 is 14.6 Å². The minimum Gasteiger partial charge on any atom is -0.385 e. The fourth-order valence-electron chi connectivity index (χ4n) is 6.81. The molecule has 2 heterocycles. The van der Waals surface area contributed by atoms with E-state index < -0.39 is 35.0 Å². The average Bonchev–Trinajstić information content (AvgIpc) is 3.27. The van der Waals surface area contributed by atoms with E-state index in [-0.39, 0.29) is 22.8 Å². The van der Waals surface area contributed by atoms with Gasteiger partial charge in [-0.05, 0) is 79.6 Å². The lowest BCUT2D eigenvalue weighted by molar-refractivity contribution is -0.131. The fraction of sp³-hybridized carbons (Fsp3) is 0.412. The van der Waals surface area contributed by atoms with Gasteiger partial charge in [0.25, 0.3) is 5.91 Å². The Morgan fingerprint density at radius 1 is 1.12 bits per heavy atom. The molecule has 43 heavy (non-hydrogen) atoms. The third-order valence-corrected chi connectivity index (χ3v) is 9.79. The Morgan fingerprint density at radius 2 is 1.70 bits per heavy atom. The van der Waals surface area contributed by atoms with Crippen LogP contribution in [-0.2, 0) is 25.6 Å². The number of fused-ring (bicyclic) bond motifs is 1. The number of ketones is 1. The normalized spacial score (nSPS) is 21.8. The van der Waals surface area contributed by atoms with E-state index in [1.807, 2.05) is 6.92 Å². The maximum atomic E-state index is 16.8. The molecular formula is C34H36Cl2FNO5. The molecule has 0 radical (unpaired) electrons. The van der Waals surface area contributed by atoms with Crippen LogP contribution >= 0.6 is 23.2 Å². The number of rotatable bonds is 9. The minimum absolute atomic E-state index is 0.0196. The summed E-state index contributed by atoms with van der Waals surface area (Å²) in [6.07, 6.45) is 1.56. The maximum absolute atomic E-state index is 16.8. The van der Waals surface area contributed by atoms with Gasteiger partial charge >= 0.3 is 0 Å². The minimum atomic E-state index is -1.75. The van der Waals surface area contributed by atoms with E-state index in [2.05, 4.69) is 0 Å². The number of benzene rings is 3. The van der Waals surface area contributed by atoms with Crippen molar-refractivity contribution in [1.82, 2.24) is 4.90 Å². The van der Waals surface area contributed by atoms with Gasteiger partial charge in [-0.25, -0.2) is 4.39 Å². The van der Waals surface area contributed by atoms with Crippen molar-refractivity contribution in [3.05, 3.63) is 104 Å². The van der Waals surface area contributed by atoms with Crippen molar-refractivity contribution in [2.45, 2.75) is 57.4 Å².